The third-order valence-electron chi connectivity index (χ3n) is 3.46. The minimum absolute atomic E-state index is 0.0104. The molecule has 0 aromatic heterocycles. The lowest BCUT2D eigenvalue weighted by Crippen LogP contribution is -2.24. The number of hydrogen-bond donors (Lipinski definition) is 1. The molecule has 0 spiro atoms. The second-order valence-electron chi connectivity index (χ2n) is 4.90. The number of benzene rings is 1. The Morgan fingerprint density at radius 1 is 1.20 bits per heavy atom. The third kappa shape index (κ3) is 3.87. The predicted octanol–water partition coefficient (Wildman–Crippen LogP) is 3.79. The highest BCUT2D eigenvalue weighted by Crippen LogP contribution is 2.29. The smallest absolute Gasteiger partial charge is 0.261 e. The van der Waals surface area contributed by atoms with Crippen molar-refractivity contribution in [1.82, 2.24) is 0 Å². The van der Waals surface area contributed by atoms with E-state index in [0.717, 1.165) is 25.7 Å². The van der Waals surface area contributed by atoms with E-state index < -0.39 is 9.05 Å². The molecule has 1 N–H and O–H groups in total. The largest absolute Gasteiger partial charge is 0.325 e. The summed E-state index contributed by atoms with van der Waals surface area (Å²) in [6, 6.07) is 4.02. The molecule has 0 radical (unpaired) electrons. The molecule has 1 saturated carbocycles. The Morgan fingerprint density at radius 3 is 2.40 bits per heavy atom. The SMILES string of the molecule is O=C(Nc1ccc(S(=O)(=O)Cl)cc1Cl)C1CCCCC1. The summed E-state index contributed by atoms with van der Waals surface area (Å²) in [6.45, 7) is 0. The predicted molar refractivity (Wildman–Crippen MR) is 79.7 cm³/mol. The molecular weight excluding hydrogens is 321 g/mol. The molecule has 4 nitrogen and oxygen atoms in total. The van der Waals surface area contributed by atoms with E-state index in [1.54, 1.807) is 0 Å². The molecule has 0 saturated heterocycles. The Labute approximate surface area is 127 Å². The lowest BCUT2D eigenvalue weighted by molar-refractivity contribution is -0.120. The van der Waals surface area contributed by atoms with Crippen molar-refractivity contribution in [3.63, 3.8) is 0 Å². The van der Waals surface area contributed by atoms with E-state index in [2.05, 4.69) is 5.32 Å². The summed E-state index contributed by atoms with van der Waals surface area (Å²) >= 11 is 5.98. The standard InChI is InChI=1S/C13H15Cl2NO3S/c14-11-8-10(20(15,18)19)6-7-12(11)16-13(17)9-4-2-1-3-5-9/h6-9H,1-5H2,(H,16,17). The van der Waals surface area contributed by atoms with Crippen LogP contribution in [0.1, 0.15) is 32.1 Å². The number of carbonyl (C=O) groups is 1. The molecule has 0 heterocycles. The van der Waals surface area contributed by atoms with Gasteiger partial charge in [-0.2, -0.15) is 0 Å². The minimum Gasteiger partial charge on any atom is -0.325 e. The van der Waals surface area contributed by atoms with Gasteiger partial charge in [0.15, 0.2) is 0 Å². The number of anilines is 1. The first-order valence-corrected chi connectivity index (χ1v) is 9.12. The molecule has 1 aliphatic rings. The normalized spacial score (nSPS) is 16.9. The number of rotatable bonds is 3. The number of nitrogens with one attached hydrogen (secondary N) is 1. The maximum absolute atomic E-state index is 12.1. The van der Waals surface area contributed by atoms with Crippen LogP contribution in [0.3, 0.4) is 0 Å². The van der Waals surface area contributed by atoms with Gasteiger partial charge in [-0.3, -0.25) is 4.79 Å². The lowest BCUT2D eigenvalue weighted by atomic mass is 9.88. The highest BCUT2D eigenvalue weighted by molar-refractivity contribution is 8.13. The average molecular weight is 336 g/mol. The first kappa shape index (κ1) is 15.6. The maximum Gasteiger partial charge on any atom is 0.261 e. The van der Waals surface area contributed by atoms with Gasteiger partial charge in [-0.15, -0.1) is 0 Å². The van der Waals surface area contributed by atoms with Crippen LogP contribution in [0, 0.1) is 5.92 Å². The van der Waals surface area contributed by atoms with Crippen LogP contribution in [0.5, 0.6) is 0 Å². The third-order valence-corrected chi connectivity index (χ3v) is 5.12. The van der Waals surface area contributed by atoms with E-state index in [1.807, 2.05) is 0 Å². The zero-order valence-corrected chi connectivity index (χ0v) is 13.1. The first-order valence-electron chi connectivity index (χ1n) is 6.43. The molecule has 1 aromatic rings. The number of carbonyl (C=O) groups excluding carboxylic acids is 1. The fourth-order valence-electron chi connectivity index (χ4n) is 2.35. The molecule has 1 aromatic carbocycles. The van der Waals surface area contributed by atoms with Crippen LogP contribution in [0.15, 0.2) is 23.1 Å². The van der Waals surface area contributed by atoms with Crippen LogP contribution in [0.4, 0.5) is 5.69 Å². The molecular formula is C13H15Cl2NO3S. The van der Waals surface area contributed by atoms with Gasteiger partial charge in [0.25, 0.3) is 9.05 Å². The first-order chi connectivity index (χ1) is 9.38. The molecule has 1 aliphatic carbocycles. The van der Waals surface area contributed by atoms with Gasteiger partial charge in [0.05, 0.1) is 15.6 Å². The summed E-state index contributed by atoms with van der Waals surface area (Å²) in [7, 11) is 1.42. The summed E-state index contributed by atoms with van der Waals surface area (Å²) in [5.41, 5.74) is 0.409. The van der Waals surface area contributed by atoms with E-state index in [9.17, 15) is 13.2 Å². The summed E-state index contributed by atoms with van der Waals surface area (Å²) in [5.74, 6) is -0.0515. The zero-order valence-electron chi connectivity index (χ0n) is 10.7. The molecule has 110 valence electrons. The summed E-state index contributed by atoms with van der Waals surface area (Å²) < 4.78 is 22.4. The average Bonchev–Trinajstić information content (AvgIpc) is 2.41. The Kier molecular flexibility index (Phi) is 4.94. The topological polar surface area (TPSA) is 63.2 Å². The van der Waals surface area contributed by atoms with Crippen LogP contribution in [-0.2, 0) is 13.8 Å². The molecule has 0 bridgehead atoms. The molecule has 0 aliphatic heterocycles. The van der Waals surface area contributed by atoms with E-state index in [0.29, 0.717) is 5.69 Å². The van der Waals surface area contributed by atoms with Crippen molar-refractivity contribution in [3.8, 4) is 0 Å². The van der Waals surface area contributed by atoms with Gasteiger partial charge in [-0.1, -0.05) is 30.9 Å². The highest BCUT2D eigenvalue weighted by Gasteiger charge is 2.22. The van der Waals surface area contributed by atoms with Crippen LogP contribution in [0.2, 0.25) is 5.02 Å². The second-order valence-corrected chi connectivity index (χ2v) is 7.88. The Hall–Kier alpha value is -0.780. The number of amides is 1. The highest BCUT2D eigenvalue weighted by atomic mass is 35.7. The summed E-state index contributed by atoms with van der Waals surface area (Å²) in [5, 5.41) is 2.91. The fraction of sp³-hybridized carbons (Fsp3) is 0.462. The van der Waals surface area contributed by atoms with Crippen molar-refractivity contribution in [2.45, 2.75) is 37.0 Å². The Balaban J connectivity index is 2.11. The molecule has 2 rings (SSSR count). The molecule has 7 heteroatoms. The van der Waals surface area contributed by atoms with Crippen molar-refractivity contribution in [1.29, 1.82) is 0 Å². The van der Waals surface area contributed by atoms with Crippen molar-refractivity contribution in [2.75, 3.05) is 5.32 Å². The summed E-state index contributed by atoms with van der Waals surface area (Å²) in [6.07, 6.45) is 5.08. The van der Waals surface area contributed by atoms with Crippen molar-refractivity contribution in [2.24, 2.45) is 5.92 Å². The van der Waals surface area contributed by atoms with Gasteiger partial charge in [-0.05, 0) is 31.0 Å². The van der Waals surface area contributed by atoms with E-state index in [4.69, 9.17) is 22.3 Å². The van der Waals surface area contributed by atoms with E-state index in [-0.39, 0.29) is 21.7 Å². The Bertz CT molecular complexity index is 610. The quantitative estimate of drug-likeness (QED) is 0.854. The fourth-order valence-corrected chi connectivity index (χ4v) is 3.42. The van der Waals surface area contributed by atoms with Crippen LogP contribution in [-0.4, -0.2) is 14.3 Å². The van der Waals surface area contributed by atoms with Gasteiger partial charge >= 0.3 is 0 Å². The van der Waals surface area contributed by atoms with Gasteiger partial charge in [-0.25, -0.2) is 8.42 Å². The molecule has 20 heavy (non-hydrogen) atoms. The van der Waals surface area contributed by atoms with Crippen LogP contribution >= 0.6 is 22.3 Å². The zero-order chi connectivity index (χ0) is 14.8. The molecule has 0 atom stereocenters. The summed E-state index contributed by atoms with van der Waals surface area (Å²) in [4.78, 5) is 12.0. The molecule has 1 fully saturated rings. The number of hydrogen-bond acceptors (Lipinski definition) is 3. The van der Waals surface area contributed by atoms with Gasteiger partial charge in [0, 0.05) is 16.6 Å². The van der Waals surface area contributed by atoms with Crippen LogP contribution in [0.25, 0.3) is 0 Å². The molecule has 0 unspecified atom stereocenters. The van der Waals surface area contributed by atoms with Crippen LogP contribution < -0.4 is 5.32 Å². The lowest BCUT2D eigenvalue weighted by Gasteiger charge is -2.21. The van der Waals surface area contributed by atoms with Crippen molar-refractivity contribution in [3.05, 3.63) is 23.2 Å². The number of halogens is 2. The van der Waals surface area contributed by atoms with Gasteiger partial charge in [0.1, 0.15) is 0 Å². The van der Waals surface area contributed by atoms with Crippen molar-refractivity contribution >= 4 is 42.9 Å². The second kappa shape index (κ2) is 6.33. The van der Waals surface area contributed by atoms with E-state index >= 15 is 0 Å². The minimum atomic E-state index is -3.82. The monoisotopic (exact) mass is 335 g/mol. The van der Waals surface area contributed by atoms with Gasteiger partial charge < -0.3 is 5.32 Å². The maximum atomic E-state index is 12.1. The van der Waals surface area contributed by atoms with Gasteiger partial charge in [0.2, 0.25) is 5.91 Å². The van der Waals surface area contributed by atoms with E-state index in [1.165, 1.54) is 24.6 Å². The Morgan fingerprint density at radius 2 is 1.85 bits per heavy atom. The van der Waals surface area contributed by atoms with Crippen molar-refractivity contribution < 1.29 is 13.2 Å². The molecule has 1 amide bonds.